The molecule has 0 aromatic carbocycles. The van der Waals surface area contributed by atoms with Crippen molar-refractivity contribution in [2.24, 2.45) is 5.41 Å². The monoisotopic (exact) mass is 168 g/mol. The Morgan fingerprint density at radius 1 is 1.44 bits per heavy atom. The van der Waals surface area contributed by atoms with Gasteiger partial charge in [0, 0.05) is 11.3 Å². The van der Waals surface area contributed by atoms with Crippen molar-refractivity contribution in [1.82, 2.24) is 0 Å². The Labute approximate surface area is 67.5 Å². The number of hydrogen-bond donors (Lipinski definition) is 0. The minimum Gasteiger partial charge on any atom is -0.126 e. The van der Waals surface area contributed by atoms with Crippen LogP contribution in [0.2, 0.25) is 0 Å². The molecule has 0 aliphatic carbocycles. The number of hydrogen-bond acceptors (Lipinski definition) is 0. The molecule has 0 aliphatic heterocycles. The highest BCUT2D eigenvalue weighted by molar-refractivity contribution is 6.20. The van der Waals surface area contributed by atoms with E-state index in [1.165, 1.54) is 0 Å². The van der Waals surface area contributed by atoms with Gasteiger partial charge in [-0.1, -0.05) is 13.8 Å². The Kier molecular flexibility index (Phi) is 3.91. The van der Waals surface area contributed by atoms with E-state index in [0.717, 1.165) is 6.42 Å². The molecule has 0 amide bonds. The smallest absolute Gasteiger partial charge is 0.0313 e. The SMILES string of the molecule is CC(Cl)CC(C)(C)CCl. The van der Waals surface area contributed by atoms with Crippen LogP contribution in [0.1, 0.15) is 27.2 Å². The quantitative estimate of drug-likeness (QED) is 0.568. The lowest BCUT2D eigenvalue weighted by atomic mass is 9.90. The van der Waals surface area contributed by atoms with Crippen molar-refractivity contribution in [3.8, 4) is 0 Å². The van der Waals surface area contributed by atoms with Gasteiger partial charge in [0.25, 0.3) is 0 Å². The summed E-state index contributed by atoms with van der Waals surface area (Å²) < 4.78 is 0. The highest BCUT2D eigenvalue weighted by atomic mass is 35.5. The maximum absolute atomic E-state index is 5.78. The summed E-state index contributed by atoms with van der Waals surface area (Å²) in [6.45, 7) is 6.24. The second kappa shape index (κ2) is 3.68. The van der Waals surface area contributed by atoms with E-state index in [1.54, 1.807) is 0 Å². The zero-order valence-electron chi connectivity index (χ0n) is 6.25. The summed E-state index contributed by atoms with van der Waals surface area (Å²) >= 11 is 11.5. The van der Waals surface area contributed by atoms with Gasteiger partial charge in [-0.15, -0.1) is 23.2 Å². The van der Waals surface area contributed by atoms with Gasteiger partial charge < -0.3 is 0 Å². The number of alkyl halides is 2. The standard InChI is InChI=1S/C7H14Cl2/c1-6(9)4-7(2,3)5-8/h6H,4-5H2,1-3H3. The third-order valence-electron chi connectivity index (χ3n) is 1.20. The van der Waals surface area contributed by atoms with Crippen LogP contribution in [-0.2, 0) is 0 Å². The minimum absolute atomic E-state index is 0.197. The fourth-order valence-electron chi connectivity index (χ4n) is 0.816. The molecule has 9 heavy (non-hydrogen) atoms. The molecule has 1 atom stereocenters. The summed E-state index contributed by atoms with van der Waals surface area (Å²) in [6.07, 6.45) is 0.984. The predicted octanol–water partition coefficient (Wildman–Crippen LogP) is 3.27. The molecule has 0 aromatic rings. The van der Waals surface area contributed by atoms with E-state index in [1.807, 2.05) is 6.92 Å². The van der Waals surface area contributed by atoms with E-state index in [4.69, 9.17) is 23.2 Å². The molecule has 0 nitrogen and oxygen atoms in total. The fourth-order valence-corrected chi connectivity index (χ4v) is 1.34. The molecule has 0 aliphatic rings. The zero-order chi connectivity index (χ0) is 7.49. The highest BCUT2D eigenvalue weighted by Crippen LogP contribution is 2.25. The third-order valence-corrected chi connectivity index (χ3v) is 2.07. The van der Waals surface area contributed by atoms with Crippen LogP contribution in [0.3, 0.4) is 0 Å². The second-order valence-electron chi connectivity index (χ2n) is 3.28. The highest BCUT2D eigenvalue weighted by Gasteiger charge is 2.18. The third kappa shape index (κ3) is 5.05. The van der Waals surface area contributed by atoms with Crippen LogP contribution in [-0.4, -0.2) is 11.3 Å². The van der Waals surface area contributed by atoms with E-state index in [0.29, 0.717) is 5.88 Å². The lowest BCUT2D eigenvalue weighted by Gasteiger charge is -2.22. The van der Waals surface area contributed by atoms with Gasteiger partial charge in [-0.3, -0.25) is 0 Å². The topological polar surface area (TPSA) is 0 Å². The first-order valence-electron chi connectivity index (χ1n) is 3.18. The summed E-state index contributed by atoms with van der Waals surface area (Å²) in [6, 6.07) is 0. The molecule has 1 unspecified atom stereocenters. The lowest BCUT2D eigenvalue weighted by molar-refractivity contribution is 0.383. The summed E-state index contributed by atoms with van der Waals surface area (Å²) in [5.41, 5.74) is 0.197. The van der Waals surface area contributed by atoms with Crippen LogP contribution in [0, 0.1) is 5.41 Å². The van der Waals surface area contributed by atoms with E-state index in [-0.39, 0.29) is 10.8 Å². The predicted molar refractivity (Wildman–Crippen MR) is 44.4 cm³/mol. The van der Waals surface area contributed by atoms with Crippen molar-refractivity contribution >= 4 is 23.2 Å². The average Bonchev–Trinajstić information content (AvgIpc) is 1.63. The van der Waals surface area contributed by atoms with E-state index >= 15 is 0 Å². The maximum atomic E-state index is 5.78. The molecule has 2 heteroatoms. The van der Waals surface area contributed by atoms with Crippen molar-refractivity contribution in [2.45, 2.75) is 32.6 Å². The molecule has 0 N–H and O–H groups in total. The molecule has 0 radical (unpaired) electrons. The molecule has 0 aromatic heterocycles. The Hall–Kier alpha value is 0.580. The Balaban J connectivity index is 3.58. The molecule has 0 spiro atoms. The molecule has 0 saturated heterocycles. The van der Waals surface area contributed by atoms with Crippen LogP contribution in [0.15, 0.2) is 0 Å². The van der Waals surface area contributed by atoms with Gasteiger partial charge in [0.2, 0.25) is 0 Å². The van der Waals surface area contributed by atoms with Crippen molar-refractivity contribution in [3.05, 3.63) is 0 Å². The molecule has 0 rings (SSSR count). The van der Waals surface area contributed by atoms with Crippen molar-refractivity contribution in [3.63, 3.8) is 0 Å². The van der Waals surface area contributed by atoms with Crippen molar-refractivity contribution in [2.75, 3.05) is 5.88 Å². The second-order valence-corrected chi connectivity index (χ2v) is 4.30. The van der Waals surface area contributed by atoms with Gasteiger partial charge in [-0.25, -0.2) is 0 Å². The molecular formula is C7H14Cl2. The molecular weight excluding hydrogens is 155 g/mol. The van der Waals surface area contributed by atoms with Gasteiger partial charge in [0.1, 0.15) is 0 Å². The average molecular weight is 169 g/mol. The van der Waals surface area contributed by atoms with Gasteiger partial charge in [0.05, 0.1) is 0 Å². The van der Waals surface area contributed by atoms with Crippen LogP contribution >= 0.6 is 23.2 Å². The lowest BCUT2D eigenvalue weighted by Crippen LogP contribution is -2.17. The molecule has 0 heterocycles. The van der Waals surface area contributed by atoms with Crippen LogP contribution < -0.4 is 0 Å². The maximum Gasteiger partial charge on any atom is 0.0313 e. The van der Waals surface area contributed by atoms with Crippen LogP contribution in [0.25, 0.3) is 0 Å². The Morgan fingerprint density at radius 3 is 2.00 bits per heavy atom. The molecule has 0 saturated carbocycles. The van der Waals surface area contributed by atoms with Gasteiger partial charge >= 0.3 is 0 Å². The number of halogens is 2. The van der Waals surface area contributed by atoms with Crippen molar-refractivity contribution in [1.29, 1.82) is 0 Å². The number of rotatable bonds is 3. The van der Waals surface area contributed by atoms with Gasteiger partial charge in [-0.05, 0) is 18.8 Å². The largest absolute Gasteiger partial charge is 0.126 e. The summed E-state index contributed by atoms with van der Waals surface area (Å²) in [5, 5.41) is 0.235. The fraction of sp³-hybridized carbons (Fsp3) is 1.00. The summed E-state index contributed by atoms with van der Waals surface area (Å²) in [4.78, 5) is 0. The first-order chi connectivity index (χ1) is 3.98. The van der Waals surface area contributed by atoms with E-state index < -0.39 is 0 Å². The molecule has 56 valence electrons. The van der Waals surface area contributed by atoms with E-state index in [9.17, 15) is 0 Å². The van der Waals surface area contributed by atoms with Crippen LogP contribution in [0.4, 0.5) is 0 Å². The van der Waals surface area contributed by atoms with Gasteiger partial charge in [0.15, 0.2) is 0 Å². The van der Waals surface area contributed by atoms with Crippen LogP contribution in [0.5, 0.6) is 0 Å². The summed E-state index contributed by atoms with van der Waals surface area (Å²) in [7, 11) is 0. The zero-order valence-corrected chi connectivity index (χ0v) is 7.76. The van der Waals surface area contributed by atoms with E-state index in [2.05, 4.69) is 13.8 Å². The summed E-state index contributed by atoms with van der Waals surface area (Å²) in [5.74, 6) is 0.685. The molecule has 0 bridgehead atoms. The Morgan fingerprint density at radius 2 is 1.89 bits per heavy atom. The Bertz CT molecular complexity index is 77.0. The minimum atomic E-state index is 0.197. The van der Waals surface area contributed by atoms with Gasteiger partial charge in [-0.2, -0.15) is 0 Å². The van der Waals surface area contributed by atoms with Crippen molar-refractivity contribution < 1.29 is 0 Å². The molecule has 0 fully saturated rings. The first kappa shape index (κ1) is 9.58. The first-order valence-corrected chi connectivity index (χ1v) is 4.15. The normalized spacial score (nSPS) is 15.7.